The van der Waals surface area contributed by atoms with Crippen molar-refractivity contribution in [1.29, 1.82) is 0 Å². The lowest BCUT2D eigenvalue weighted by Crippen LogP contribution is -2.45. The first kappa shape index (κ1) is 26.2. The molecule has 3 N–H and O–H groups in total. The van der Waals surface area contributed by atoms with Crippen LogP contribution in [0.25, 0.3) is 11.0 Å². The van der Waals surface area contributed by atoms with E-state index in [0.29, 0.717) is 34.3 Å². The number of benzene rings is 3. The number of carbonyl (C=O) groups is 3. The summed E-state index contributed by atoms with van der Waals surface area (Å²) in [4.78, 5) is 40.1. The smallest absolute Gasteiger partial charge is 0.309 e. The Morgan fingerprint density at radius 3 is 2.54 bits per heavy atom. The number of amides is 2. The molecule has 10 heteroatoms. The molecular formula is C29H26N2O7S. The molecule has 0 spiro atoms. The minimum atomic E-state index is -3.51. The number of sulfone groups is 1. The van der Waals surface area contributed by atoms with E-state index in [-0.39, 0.29) is 23.8 Å². The fourth-order valence-corrected chi connectivity index (χ4v) is 5.91. The van der Waals surface area contributed by atoms with Crippen molar-refractivity contribution in [3.63, 3.8) is 0 Å². The van der Waals surface area contributed by atoms with E-state index in [0.717, 1.165) is 17.2 Å². The molecule has 2 heterocycles. The summed E-state index contributed by atoms with van der Waals surface area (Å²) in [5.41, 5.74) is 8.50. The van der Waals surface area contributed by atoms with Crippen molar-refractivity contribution in [2.75, 3.05) is 12.8 Å². The van der Waals surface area contributed by atoms with Crippen LogP contribution in [-0.2, 0) is 27.5 Å². The van der Waals surface area contributed by atoms with Gasteiger partial charge >= 0.3 is 5.97 Å². The number of hydrogen-bond donors (Lipinski definition) is 2. The van der Waals surface area contributed by atoms with Crippen molar-refractivity contribution in [1.82, 2.24) is 4.90 Å². The molecule has 0 radical (unpaired) electrons. The van der Waals surface area contributed by atoms with Gasteiger partial charge in [0.25, 0.3) is 5.91 Å². The topological polar surface area (TPSA) is 148 Å². The number of carboxylic acids is 1. The molecule has 200 valence electrons. The largest absolute Gasteiger partial charge is 0.481 e. The minimum Gasteiger partial charge on any atom is -0.481 e. The monoisotopic (exact) mass is 546 g/mol. The van der Waals surface area contributed by atoms with Crippen molar-refractivity contribution in [3.8, 4) is 0 Å². The SMILES string of the molecule is CS(=O)(=O)c1cccc(C[C@H](C(=O)O)C2c3ccc(C(N)=O)cc3CCN2C(=O)c2ccc3ccoc3c2)c1. The highest BCUT2D eigenvalue weighted by molar-refractivity contribution is 7.90. The molecule has 0 fully saturated rings. The lowest BCUT2D eigenvalue weighted by Gasteiger charge is -2.40. The second kappa shape index (κ2) is 10.0. The normalized spacial score (nSPS) is 16.0. The number of rotatable bonds is 7. The summed E-state index contributed by atoms with van der Waals surface area (Å²) in [6, 6.07) is 16.9. The first-order chi connectivity index (χ1) is 18.5. The number of hydrogen-bond acceptors (Lipinski definition) is 6. The predicted octanol–water partition coefficient (Wildman–Crippen LogP) is 3.62. The first-order valence-corrected chi connectivity index (χ1v) is 14.1. The van der Waals surface area contributed by atoms with E-state index in [4.69, 9.17) is 10.2 Å². The van der Waals surface area contributed by atoms with E-state index in [1.54, 1.807) is 48.5 Å². The van der Waals surface area contributed by atoms with Crippen LogP contribution in [0.15, 0.2) is 82.3 Å². The van der Waals surface area contributed by atoms with Crippen molar-refractivity contribution in [2.45, 2.75) is 23.8 Å². The second-order valence-electron chi connectivity index (χ2n) is 9.71. The average molecular weight is 547 g/mol. The van der Waals surface area contributed by atoms with Gasteiger partial charge in [0, 0.05) is 29.3 Å². The van der Waals surface area contributed by atoms with Crippen molar-refractivity contribution in [2.24, 2.45) is 11.7 Å². The molecule has 2 amide bonds. The third-order valence-electron chi connectivity index (χ3n) is 7.15. The summed E-state index contributed by atoms with van der Waals surface area (Å²) in [5, 5.41) is 11.3. The molecule has 2 atom stereocenters. The molecule has 1 aliphatic rings. The first-order valence-electron chi connectivity index (χ1n) is 12.3. The van der Waals surface area contributed by atoms with Gasteiger partial charge in [-0.3, -0.25) is 14.4 Å². The summed E-state index contributed by atoms with van der Waals surface area (Å²) < 4.78 is 29.7. The van der Waals surface area contributed by atoms with Gasteiger partial charge in [0.1, 0.15) is 5.58 Å². The fraction of sp³-hybridized carbons (Fsp3) is 0.207. The van der Waals surface area contributed by atoms with Gasteiger partial charge in [0.15, 0.2) is 9.84 Å². The maximum atomic E-state index is 13.9. The molecule has 1 unspecified atom stereocenters. The van der Waals surface area contributed by atoms with Crippen molar-refractivity contribution in [3.05, 3.63) is 101 Å². The van der Waals surface area contributed by atoms with Gasteiger partial charge < -0.3 is 20.2 Å². The van der Waals surface area contributed by atoms with Gasteiger partial charge in [-0.05, 0) is 72.0 Å². The number of carbonyl (C=O) groups excluding carboxylic acids is 2. The lowest BCUT2D eigenvalue weighted by molar-refractivity contribution is -0.144. The number of nitrogens with zero attached hydrogens (tertiary/aromatic N) is 1. The van der Waals surface area contributed by atoms with Gasteiger partial charge in [-0.1, -0.05) is 24.3 Å². The number of nitrogens with two attached hydrogens (primary N) is 1. The van der Waals surface area contributed by atoms with Gasteiger partial charge in [0.05, 0.1) is 23.1 Å². The summed E-state index contributed by atoms with van der Waals surface area (Å²) in [6.45, 7) is 0.210. The zero-order valence-electron chi connectivity index (χ0n) is 21.0. The Kier molecular flexibility index (Phi) is 6.73. The quantitative estimate of drug-likeness (QED) is 0.360. The van der Waals surface area contributed by atoms with Crippen LogP contribution in [0.2, 0.25) is 0 Å². The highest BCUT2D eigenvalue weighted by Gasteiger charge is 2.40. The van der Waals surface area contributed by atoms with Gasteiger partial charge in [-0.25, -0.2) is 8.42 Å². The third kappa shape index (κ3) is 5.15. The fourth-order valence-electron chi connectivity index (χ4n) is 5.22. The molecule has 0 saturated heterocycles. The van der Waals surface area contributed by atoms with E-state index < -0.39 is 33.7 Å². The van der Waals surface area contributed by atoms with Crippen LogP contribution in [-0.4, -0.2) is 49.0 Å². The molecule has 3 aromatic carbocycles. The molecule has 0 bridgehead atoms. The lowest BCUT2D eigenvalue weighted by atomic mass is 9.80. The number of aliphatic carboxylic acids is 1. The summed E-state index contributed by atoms with van der Waals surface area (Å²) in [7, 11) is -3.51. The van der Waals surface area contributed by atoms with Crippen molar-refractivity contribution >= 4 is 38.6 Å². The molecular weight excluding hydrogens is 520 g/mol. The van der Waals surface area contributed by atoms with Gasteiger partial charge in [0.2, 0.25) is 5.91 Å². The van der Waals surface area contributed by atoms with Crippen LogP contribution in [0.4, 0.5) is 0 Å². The number of primary amides is 1. The van der Waals surface area contributed by atoms with E-state index in [1.807, 2.05) is 0 Å². The molecule has 4 aromatic rings. The summed E-state index contributed by atoms with van der Waals surface area (Å²) in [6.07, 6.45) is 2.99. The Morgan fingerprint density at radius 1 is 1.05 bits per heavy atom. The highest BCUT2D eigenvalue weighted by atomic mass is 32.2. The Labute approximate surface area is 224 Å². The maximum Gasteiger partial charge on any atom is 0.309 e. The van der Waals surface area contributed by atoms with Crippen LogP contribution in [0.3, 0.4) is 0 Å². The predicted molar refractivity (Wildman–Crippen MR) is 143 cm³/mol. The average Bonchev–Trinajstić information content (AvgIpc) is 3.38. The molecule has 0 aliphatic carbocycles. The number of furan rings is 1. The Bertz CT molecular complexity index is 1720. The van der Waals surface area contributed by atoms with Crippen molar-refractivity contribution < 1.29 is 32.3 Å². The van der Waals surface area contributed by atoms with Crippen LogP contribution in [0.5, 0.6) is 0 Å². The molecule has 1 aliphatic heterocycles. The number of carboxylic acid groups (broad SMARTS) is 1. The van der Waals surface area contributed by atoms with Gasteiger partial charge in [-0.2, -0.15) is 0 Å². The third-order valence-corrected chi connectivity index (χ3v) is 8.26. The second-order valence-corrected chi connectivity index (χ2v) is 11.7. The summed E-state index contributed by atoms with van der Waals surface area (Å²) >= 11 is 0. The molecule has 0 saturated carbocycles. The molecule has 39 heavy (non-hydrogen) atoms. The highest BCUT2D eigenvalue weighted by Crippen LogP contribution is 2.39. The van der Waals surface area contributed by atoms with Crippen LogP contribution >= 0.6 is 0 Å². The van der Waals surface area contributed by atoms with Crippen LogP contribution < -0.4 is 5.73 Å². The maximum absolute atomic E-state index is 13.9. The summed E-state index contributed by atoms with van der Waals surface area (Å²) in [5.74, 6) is -3.23. The Morgan fingerprint density at radius 2 is 1.82 bits per heavy atom. The van der Waals surface area contributed by atoms with E-state index in [2.05, 4.69) is 0 Å². The molecule has 9 nitrogen and oxygen atoms in total. The minimum absolute atomic E-state index is 0.0264. The number of fused-ring (bicyclic) bond motifs is 2. The van der Waals surface area contributed by atoms with Crippen LogP contribution in [0, 0.1) is 5.92 Å². The van der Waals surface area contributed by atoms with E-state index >= 15 is 0 Å². The van der Waals surface area contributed by atoms with E-state index in [9.17, 15) is 27.9 Å². The molecule has 1 aromatic heterocycles. The van der Waals surface area contributed by atoms with E-state index in [1.165, 1.54) is 29.4 Å². The van der Waals surface area contributed by atoms with Crippen LogP contribution in [0.1, 0.15) is 43.4 Å². The standard InChI is InChI=1S/C29H26N2O7S/c1-39(36,37)22-4-2-3-17(13-22)14-24(29(34)35)26-23-8-7-20(27(30)32)15-19(23)9-11-31(26)28(33)21-6-5-18-10-12-38-25(18)16-21/h2-8,10,12-13,15-16,24,26H,9,11,14H2,1H3,(H2,30,32)(H,34,35)/t24-,26?/m0/s1. The molecule has 5 rings (SSSR count). The Balaban J connectivity index is 1.60. The van der Waals surface area contributed by atoms with Gasteiger partial charge in [-0.15, -0.1) is 0 Å². The zero-order valence-corrected chi connectivity index (χ0v) is 21.9. The zero-order chi connectivity index (χ0) is 27.9. The Hall–Kier alpha value is -4.44.